The molecule has 0 N–H and O–H groups in total. The molecular formula is C19H31F5O2. The summed E-state index contributed by atoms with van der Waals surface area (Å²) < 4.78 is 69.6. The lowest BCUT2D eigenvalue weighted by molar-refractivity contribution is -0.192. The van der Waals surface area contributed by atoms with Gasteiger partial charge in [-0.25, -0.2) is 8.78 Å². The lowest BCUT2D eigenvalue weighted by Gasteiger charge is -2.30. The number of alkyl halides is 5. The van der Waals surface area contributed by atoms with Gasteiger partial charge in [-0.1, -0.05) is 39.0 Å². The third kappa shape index (κ3) is 8.67. The van der Waals surface area contributed by atoms with Gasteiger partial charge in [0, 0.05) is 6.42 Å². The molecule has 0 saturated heterocycles. The highest BCUT2D eigenvalue weighted by Gasteiger charge is 2.44. The van der Waals surface area contributed by atoms with Crippen molar-refractivity contribution >= 4 is 5.97 Å². The molecule has 1 saturated carbocycles. The van der Waals surface area contributed by atoms with E-state index in [1.165, 1.54) is 0 Å². The van der Waals surface area contributed by atoms with E-state index in [1.807, 2.05) is 6.92 Å². The van der Waals surface area contributed by atoms with Gasteiger partial charge in [-0.3, -0.25) is 4.79 Å². The van der Waals surface area contributed by atoms with Crippen LogP contribution in [0, 0.1) is 11.3 Å². The standard InChI is InChI=1S/C19H31F5O2/c1-4-17(2,3)16(25)26-15(12-14-8-6-5-7-9-14)10-11-18(20,21)13-19(22,23)24/h14-15H,4-13H2,1-3H3. The molecule has 1 atom stereocenters. The van der Waals surface area contributed by atoms with Crippen molar-refractivity contribution in [2.24, 2.45) is 11.3 Å². The minimum absolute atomic E-state index is 0.245. The summed E-state index contributed by atoms with van der Waals surface area (Å²) in [4.78, 5) is 12.3. The number of hydrogen-bond acceptors (Lipinski definition) is 2. The van der Waals surface area contributed by atoms with E-state index >= 15 is 0 Å². The molecule has 0 amide bonds. The fourth-order valence-electron chi connectivity index (χ4n) is 3.23. The van der Waals surface area contributed by atoms with Crippen LogP contribution in [0.25, 0.3) is 0 Å². The van der Waals surface area contributed by atoms with Crippen LogP contribution in [0.2, 0.25) is 0 Å². The van der Waals surface area contributed by atoms with Gasteiger partial charge in [0.15, 0.2) is 0 Å². The van der Waals surface area contributed by atoms with Crippen LogP contribution in [0.15, 0.2) is 0 Å². The number of esters is 1. The molecule has 154 valence electrons. The van der Waals surface area contributed by atoms with Crippen molar-refractivity contribution in [1.82, 2.24) is 0 Å². The van der Waals surface area contributed by atoms with Crippen molar-refractivity contribution in [1.29, 1.82) is 0 Å². The Morgan fingerprint density at radius 2 is 1.65 bits per heavy atom. The molecule has 26 heavy (non-hydrogen) atoms. The van der Waals surface area contributed by atoms with Crippen LogP contribution in [-0.2, 0) is 9.53 Å². The number of carbonyl (C=O) groups is 1. The molecule has 2 nitrogen and oxygen atoms in total. The first-order valence-electron chi connectivity index (χ1n) is 9.50. The SMILES string of the molecule is CCC(C)(C)C(=O)OC(CCC(F)(F)CC(F)(F)F)CC1CCCCC1. The Morgan fingerprint density at radius 1 is 1.08 bits per heavy atom. The van der Waals surface area contributed by atoms with E-state index in [-0.39, 0.29) is 12.3 Å². The zero-order valence-corrected chi connectivity index (χ0v) is 15.9. The van der Waals surface area contributed by atoms with Gasteiger partial charge in [-0.2, -0.15) is 13.2 Å². The van der Waals surface area contributed by atoms with E-state index in [9.17, 15) is 26.7 Å². The summed E-state index contributed by atoms with van der Waals surface area (Å²) in [6.45, 7) is 5.26. The van der Waals surface area contributed by atoms with Crippen molar-refractivity contribution in [3.05, 3.63) is 0 Å². The molecule has 1 fully saturated rings. The van der Waals surface area contributed by atoms with Crippen molar-refractivity contribution in [2.45, 2.75) is 103 Å². The molecule has 0 heterocycles. The number of rotatable bonds is 9. The fourth-order valence-corrected chi connectivity index (χ4v) is 3.23. The fraction of sp³-hybridized carbons (Fsp3) is 0.947. The Morgan fingerprint density at radius 3 is 2.15 bits per heavy atom. The second kappa shape index (κ2) is 9.36. The highest BCUT2D eigenvalue weighted by molar-refractivity contribution is 5.75. The second-order valence-electron chi connectivity index (χ2n) is 8.19. The molecule has 0 radical (unpaired) electrons. The highest BCUT2D eigenvalue weighted by Crippen LogP contribution is 2.37. The van der Waals surface area contributed by atoms with Crippen molar-refractivity contribution in [2.75, 3.05) is 0 Å². The topological polar surface area (TPSA) is 26.3 Å². The van der Waals surface area contributed by atoms with Gasteiger partial charge in [0.1, 0.15) is 12.5 Å². The van der Waals surface area contributed by atoms with Gasteiger partial charge in [-0.05, 0) is 39.0 Å². The molecule has 7 heteroatoms. The molecule has 0 spiro atoms. The van der Waals surface area contributed by atoms with E-state index in [4.69, 9.17) is 4.74 Å². The van der Waals surface area contributed by atoms with Crippen molar-refractivity contribution in [3.63, 3.8) is 0 Å². The van der Waals surface area contributed by atoms with Gasteiger partial charge < -0.3 is 4.74 Å². The van der Waals surface area contributed by atoms with Crippen LogP contribution in [0.4, 0.5) is 22.0 Å². The summed E-state index contributed by atoms with van der Waals surface area (Å²) in [7, 11) is 0. The molecule has 0 aromatic heterocycles. The molecule has 1 unspecified atom stereocenters. The highest BCUT2D eigenvalue weighted by atomic mass is 19.4. The largest absolute Gasteiger partial charge is 0.462 e. The predicted octanol–water partition coefficient (Wildman–Crippen LogP) is 6.67. The Balaban J connectivity index is 2.71. The molecule has 1 rings (SSSR count). The van der Waals surface area contributed by atoms with Crippen molar-refractivity contribution in [3.8, 4) is 0 Å². The second-order valence-corrected chi connectivity index (χ2v) is 8.19. The average Bonchev–Trinajstić information content (AvgIpc) is 2.51. The molecule has 1 aliphatic carbocycles. The summed E-state index contributed by atoms with van der Waals surface area (Å²) in [5.41, 5.74) is -0.737. The molecule has 0 aromatic carbocycles. The summed E-state index contributed by atoms with van der Waals surface area (Å²) >= 11 is 0. The first kappa shape index (κ1) is 23.2. The Bertz CT molecular complexity index is 440. The molecule has 1 aliphatic rings. The quantitative estimate of drug-likeness (QED) is 0.327. The van der Waals surface area contributed by atoms with Gasteiger partial charge in [0.05, 0.1) is 5.41 Å². The summed E-state index contributed by atoms with van der Waals surface area (Å²) in [6.07, 6.45) is -2.86. The van der Waals surface area contributed by atoms with Crippen LogP contribution in [0.5, 0.6) is 0 Å². The van der Waals surface area contributed by atoms with Gasteiger partial charge >= 0.3 is 12.1 Å². The smallest absolute Gasteiger partial charge is 0.394 e. The Labute approximate surface area is 152 Å². The Kier molecular flexibility index (Phi) is 8.33. The van der Waals surface area contributed by atoms with Crippen LogP contribution in [0.1, 0.15) is 85.0 Å². The van der Waals surface area contributed by atoms with Gasteiger partial charge in [0.25, 0.3) is 5.92 Å². The third-order valence-corrected chi connectivity index (χ3v) is 5.32. The van der Waals surface area contributed by atoms with Crippen LogP contribution < -0.4 is 0 Å². The zero-order chi connectivity index (χ0) is 20.0. The molecule has 0 aromatic rings. The lowest BCUT2D eigenvalue weighted by Crippen LogP contribution is -2.33. The molecule has 0 aliphatic heterocycles. The van der Waals surface area contributed by atoms with Gasteiger partial charge in [0.2, 0.25) is 0 Å². The first-order valence-corrected chi connectivity index (χ1v) is 9.50. The monoisotopic (exact) mass is 386 g/mol. The number of ether oxygens (including phenoxy) is 1. The minimum atomic E-state index is -4.91. The maximum Gasteiger partial charge on any atom is 0.394 e. The first-order chi connectivity index (χ1) is 11.8. The van der Waals surface area contributed by atoms with E-state index in [2.05, 4.69) is 0 Å². The predicted molar refractivity (Wildman–Crippen MR) is 90.0 cm³/mol. The van der Waals surface area contributed by atoms with Crippen LogP contribution in [0.3, 0.4) is 0 Å². The average molecular weight is 386 g/mol. The van der Waals surface area contributed by atoms with Crippen molar-refractivity contribution < 1.29 is 31.5 Å². The number of hydrogen-bond donors (Lipinski definition) is 0. The van der Waals surface area contributed by atoms with Crippen LogP contribution in [-0.4, -0.2) is 24.2 Å². The zero-order valence-electron chi connectivity index (χ0n) is 15.9. The maximum atomic E-state index is 13.6. The normalized spacial score (nSPS) is 18.6. The number of halogens is 5. The summed E-state index contributed by atoms with van der Waals surface area (Å²) in [6, 6.07) is 0. The summed E-state index contributed by atoms with van der Waals surface area (Å²) in [5.74, 6) is -4.03. The third-order valence-electron chi connectivity index (χ3n) is 5.32. The van der Waals surface area contributed by atoms with E-state index in [0.717, 1.165) is 32.1 Å². The van der Waals surface area contributed by atoms with E-state index in [0.29, 0.717) is 12.8 Å². The molecular weight excluding hydrogens is 355 g/mol. The van der Waals surface area contributed by atoms with E-state index < -0.39 is 42.4 Å². The maximum absolute atomic E-state index is 13.6. The Hall–Kier alpha value is -0.880. The number of carbonyl (C=O) groups excluding carboxylic acids is 1. The minimum Gasteiger partial charge on any atom is -0.462 e. The summed E-state index contributed by atoms with van der Waals surface area (Å²) in [5, 5.41) is 0. The van der Waals surface area contributed by atoms with Gasteiger partial charge in [-0.15, -0.1) is 0 Å². The van der Waals surface area contributed by atoms with E-state index in [1.54, 1.807) is 13.8 Å². The van der Waals surface area contributed by atoms with Crippen LogP contribution >= 0.6 is 0 Å². The lowest BCUT2D eigenvalue weighted by atomic mass is 9.84. The molecule has 0 bridgehead atoms.